The normalized spacial score (nSPS) is 13.9. The summed E-state index contributed by atoms with van der Waals surface area (Å²) in [6, 6.07) is 12.5. The van der Waals surface area contributed by atoms with Gasteiger partial charge < -0.3 is 19.9 Å². The number of nitrogens with zero attached hydrogens (tertiary/aromatic N) is 3. The molecule has 0 saturated carbocycles. The average Bonchev–Trinajstić information content (AvgIpc) is 2.78. The third-order valence-electron chi connectivity index (χ3n) is 5.34. The standard InChI is InChI=1S/C23H32N4O2/c1-3-26(4-2)22-17-19(11-12-24-22)7-10-23(28)25-18-20-5-8-21(9-6-20)27-13-15-29-16-14-27/h5-6,8-9,11-12,17H,3-4,7,10,13-16,18H2,1-2H3,(H,25,28). The van der Waals surface area contributed by atoms with Crippen molar-refractivity contribution in [2.75, 3.05) is 49.2 Å². The summed E-state index contributed by atoms with van der Waals surface area (Å²) < 4.78 is 5.40. The van der Waals surface area contributed by atoms with Gasteiger partial charge >= 0.3 is 0 Å². The molecule has 0 atom stereocenters. The Morgan fingerprint density at radius 2 is 1.83 bits per heavy atom. The van der Waals surface area contributed by atoms with Gasteiger partial charge in [-0.1, -0.05) is 12.1 Å². The third kappa shape index (κ3) is 6.19. The first-order chi connectivity index (χ1) is 14.2. The van der Waals surface area contributed by atoms with Crippen molar-refractivity contribution in [1.82, 2.24) is 10.3 Å². The third-order valence-corrected chi connectivity index (χ3v) is 5.34. The Labute approximate surface area is 173 Å². The highest BCUT2D eigenvalue weighted by atomic mass is 16.5. The van der Waals surface area contributed by atoms with Crippen LogP contribution in [-0.2, 0) is 22.5 Å². The smallest absolute Gasteiger partial charge is 0.220 e. The number of nitrogens with one attached hydrogen (secondary N) is 1. The molecule has 1 aromatic carbocycles. The second-order valence-electron chi connectivity index (χ2n) is 7.24. The van der Waals surface area contributed by atoms with Gasteiger partial charge in [0.05, 0.1) is 13.2 Å². The van der Waals surface area contributed by atoms with Crippen molar-refractivity contribution < 1.29 is 9.53 Å². The van der Waals surface area contributed by atoms with Crippen molar-refractivity contribution >= 4 is 17.4 Å². The molecule has 1 amide bonds. The second-order valence-corrected chi connectivity index (χ2v) is 7.24. The molecule has 156 valence electrons. The zero-order valence-corrected chi connectivity index (χ0v) is 17.6. The molecule has 2 heterocycles. The second kappa shape index (κ2) is 10.8. The number of rotatable bonds is 9. The van der Waals surface area contributed by atoms with Crippen molar-refractivity contribution in [1.29, 1.82) is 0 Å². The summed E-state index contributed by atoms with van der Waals surface area (Å²) in [7, 11) is 0. The number of pyridine rings is 1. The number of anilines is 2. The molecular formula is C23H32N4O2. The molecule has 29 heavy (non-hydrogen) atoms. The van der Waals surface area contributed by atoms with Crippen molar-refractivity contribution in [2.45, 2.75) is 33.2 Å². The highest BCUT2D eigenvalue weighted by Gasteiger charge is 2.11. The van der Waals surface area contributed by atoms with E-state index in [2.05, 4.69) is 64.3 Å². The van der Waals surface area contributed by atoms with Crippen LogP contribution in [0.1, 0.15) is 31.4 Å². The zero-order valence-electron chi connectivity index (χ0n) is 17.6. The number of benzene rings is 1. The lowest BCUT2D eigenvalue weighted by atomic mass is 10.1. The van der Waals surface area contributed by atoms with Crippen LogP contribution in [0.15, 0.2) is 42.6 Å². The highest BCUT2D eigenvalue weighted by molar-refractivity contribution is 5.76. The Kier molecular flexibility index (Phi) is 7.87. The monoisotopic (exact) mass is 396 g/mol. The molecule has 0 bridgehead atoms. The summed E-state index contributed by atoms with van der Waals surface area (Å²) in [5.41, 5.74) is 3.47. The van der Waals surface area contributed by atoms with Gasteiger partial charge in [0.25, 0.3) is 0 Å². The average molecular weight is 397 g/mol. The molecule has 2 aromatic rings. The van der Waals surface area contributed by atoms with Crippen LogP contribution >= 0.6 is 0 Å². The highest BCUT2D eigenvalue weighted by Crippen LogP contribution is 2.17. The number of ether oxygens (including phenoxy) is 1. The maximum Gasteiger partial charge on any atom is 0.220 e. The minimum absolute atomic E-state index is 0.0726. The van der Waals surface area contributed by atoms with Crippen LogP contribution in [-0.4, -0.2) is 50.3 Å². The Morgan fingerprint density at radius 1 is 1.10 bits per heavy atom. The van der Waals surface area contributed by atoms with E-state index in [1.54, 1.807) is 0 Å². The summed E-state index contributed by atoms with van der Waals surface area (Å²) in [6.07, 6.45) is 3.03. The van der Waals surface area contributed by atoms with Gasteiger partial charge in [-0.2, -0.15) is 0 Å². The quantitative estimate of drug-likeness (QED) is 0.706. The van der Waals surface area contributed by atoms with E-state index in [9.17, 15) is 4.79 Å². The first-order valence-electron chi connectivity index (χ1n) is 10.6. The number of aryl methyl sites for hydroxylation is 1. The maximum atomic E-state index is 12.3. The van der Waals surface area contributed by atoms with E-state index in [0.29, 0.717) is 13.0 Å². The fourth-order valence-corrected chi connectivity index (χ4v) is 3.53. The molecule has 3 rings (SSSR count). The molecule has 1 N–H and O–H groups in total. The van der Waals surface area contributed by atoms with Gasteiger partial charge in [0.1, 0.15) is 5.82 Å². The Balaban J connectivity index is 1.45. The van der Waals surface area contributed by atoms with E-state index in [-0.39, 0.29) is 5.91 Å². The first kappa shape index (κ1) is 21.1. The van der Waals surface area contributed by atoms with E-state index in [0.717, 1.165) is 62.8 Å². The lowest BCUT2D eigenvalue weighted by Crippen LogP contribution is -2.36. The minimum Gasteiger partial charge on any atom is -0.378 e. The first-order valence-corrected chi connectivity index (χ1v) is 10.6. The van der Waals surface area contributed by atoms with Gasteiger partial charge in [-0.3, -0.25) is 4.79 Å². The Bertz CT molecular complexity index is 769. The molecule has 0 aliphatic carbocycles. The van der Waals surface area contributed by atoms with Gasteiger partial charge in [-0.15, -0.1) is 0 Å². The SMILES string of the molecule is CCN(CC)c1cc(CCC(=O)NCc2ccc(N3CCOCC3)cc2)ccn1. The van der Waals surface area contributed by atoms with Crippen LogP contribution < -0.4 is 15.1 Å². The molecule has 0 radical (unpaired) electrons. The van der Waals surface area contributed by atoms with Crippen LogP contribution in [0.5, 0.6) is 0 Å². The van der Waals surface area contributed by atoms with Gasteiger partial charge in [0.2, 0.25) is 5.91 Å². The molecule has 6 nitrogen and oxygen atoms in total. The topological polar surface area (TPSA) is 57.7 Å². The fourth-order valence-electron chi connectivity index (χ4n) is 3.53. The molecule has 0 spiro atoms. The van der Waals surface area contributed by atoms with Crippen LogP contribution in [0.3, 0.4) is 0 Å². The van der Waals surface area contributed by atoms with Crippen molar-refractivity contribution in [3.05, 3.63) is 53.7 Å². The predicted molar refractivity (Wildman–Crippen MR) is 117 cm³/mol. The zero-order chi connectivity index (χ0) is 20.5. The van der Waals surface area contributed by atoms with Gasteiger partial charge in [0, 0.05) is 51.0 Å². The van der Waals surface area contributed by atoms with Crippen LogP contribution in [0.2, 0.25) is 0 Å². The molecular weight excluding hydrogens is 364 g/mol. The number of carbonyl (C=O) groups is 1. The predicted octanol–water partition coefficient (Wildman–Crippen LogP) is 3.01. The van der Waals surface area contributed by atoms with Crippen molar-refractivity contribution in [2.24, 2.45) is 0 Å². The van der Waals surface area contributed by atoms with Crippen molar-refractivity contribution in [3.63, 3.8) is 0 Å². The summed E-state index contributed by atoms with van der Waals surface area (Å²) in [5.74, 6) is 1.05. The lowest BCUT2D eigenvalue weighted by Gasteiger charge is -2.28. The van der Waals surface area contributed by atoms with Crippen molar-refractivity contribution in [3.8, 4) is 0 Å². The van der Waals surface area contributed by atoms with Crippen LogP contribution in [0.4, 0.5) is 11.5 Å². The van der Waals surface area contributed by atoms with E-state index in [1.165, 1.54) is 5.69 Å². The summed E-state index contributed by atoms with van der Waals surface area (Å²) in [5, 5.41) is 3.03. The molecule has 1 saturated heterocycles. The molecule has 1 aliphatic heterocycles. The van der Waals surface area contributed by atoms with E-state index < -0.39 is 0 Å². The Morgan fingerprint density at radius 3 is 2.52 bits per heavy atom. The van der Waals surface area contributed by atoms with Gasteiger partial charge in [-0.25, -0.2) is 4.98 Å². The molecule has 1 aliphatic rings. The minimum atomic E-state index is 0.0726. The number of morpholine rings is 1. The maximum absolute atomic E-state index is 12.3. The number of hydrogen-bond acceptors (Lipinski definition) is 5. The van der Waals surface area contributed by atoms with Gasteiger partial charge in [0.15, 0.2) is 0 Å². The van der Waals surface area contributed by atoms with E-state index in [4.69, 9.17) is 4.74 Å². The molecule has 1 aromatic heterocycles. The lowest BCUT2D eigenvalue weighted by molar-refractivity contribution is -0.121. The fraction of sp³-hybridized carbons (Fsp3) is 0.478. The summed E-state index contributed by atoms with van der Waals surface area (Å²) in [6.45, 7) is 10.1. The van der Waals surface area contributed by atoms with Gasteiger partial charge in [-0.05, 0) is 55.7 Å². The Hall–Kier alpha value is -2.60. The summed E-state index contributed by atoms with van der Waals surface area (Å²) >= 11 is 0. The largest absolute Gasteiger partial charge is 0.378 e. The number of amides is 1. The van der Waals surface area contributed by atoms with E-state index in [1.807, 2.05) is 12.3 Å². The number of hydrogen-bond donors (Lipinski definition) is 1. The summed E-state index contributed by atoms with van der Waals surface area (Å²) in [4.78, 5) is 21.3. The molecule has 0 unspecified atom stereocenters. The molecule has 1 fully saturated rings. The molecule has 6 heteroatoms. The number of aromatic nitrogens is 1. The van der Waals surface area contributed by atoms with Crippen LogP contribution in [0.25, 0.3) is 0 Å². The van der Waals surface area contributed by atoms with Crippen LogP contribution in [0, 0.1) is 0 Å². The number of carbonyl (C=O) groups excluding carboxylic acids is 1. The van der Waals surface area contributed by atoms with E-state index >= 15 is 0 Å².